The van der Waals surface area contributed by atoms with E-state index in [1.54, 1.807) is 4.57 Å². The monoisotopic (exact) mass is 439 g/mol. The zero-order valence-electron chi connectivity index (χ0n) is 19.6. The van der Waals surface area contributed by atoms with Crippen LogP contribution in [0, 0.1) is 5.92 Å². The van der Waals surface area contributed by atoms with Crippen LogP contribution < -0.4 is 15.8 Å². The van der Waals surface area contributed by atoms with Crippen molar-refractivity contribution in [2.45, 2.75) is 65.0 Å². The molecule has 3 heterocycles. The van der Waals surface area contributed by atoms with Crippen LogP contribution in [-0.2, 0) is 11.3 Å². The van der Waals surface area contributed by atoms with Crippen molar-refractivity contribution in [2.75, 3.05) is 37.6 Å². The molecule has 2 aliphatic heterocycles. The Balaban J connectivity index is 1.29. The van der Waals surface area contributed by atoms with Crippen molar-refractivity contribution in [2.24, 2.45) is 5.92 Å². The lowest BCUT2D eigenvalue weighted by Gasteiger charge is -2.33. The second-order valence-electron chi connectivity index (χ2n) is 9.26. The Bertz CT molecular complexity index is 980. The number of nitrogens with zero attached hydrogens (tertiary/aromatic N) is 4. The number of nitrogens with one attached hydrogen (secondary N) is 1. The van der Waals surface area contributed by atoms with Crippen LogP contribution in [0.15, 0.2) is 29.1 Å². The number of likely N-dealkylation sites (tertiary alicyclic amines) is 1. The number of piperidine rings is 2. The predicted molar refractivity (Wildman–Crippen MR) is 129 cm³/mol. The van der Waals surface area contributed by atoms with Gasteiger partial charge in [0.15, 0.2) is 5.82 Å². The number of amides is 1. The summed E-state index contributed by atoms with van der Waals surface area (Å²) in [4.78, 5) is 35.0. The van der Waals surface area contributed by atoms with Gasteiger partial charge in [0.25, 0.3) is 5.56 Å². The van der Waals surface area contributed by atoms with Gasteiger partial charge in [-0.15, -0.1) is 0 Å². The number of carbonyl (C=O) groups is 1. The number of anilines is 1. The zero-order chi connectivity index (χ0) is 22.5. The number of hydrogen-bond acceptors (Lipinski definition) is 5. The minimum Gasteiger partial charge on any atom is -0.356 e. The van der Waals surface area contributed by atoms with E-state index >= 15 is 0 Å². The average molecular weight is 440 g/mol. The third-order valence-electron chi connectivity index (χ3n) is 7.18. The fourth-order valence-corrected chi connectivity index (χ4v) is 5.18. The maximum Gasteiger partial charge on any atom is 0.293 e. The van der Waals surface area contributed by atoms with Crippen LogP contribution in [0.1, 0.15) is 52.4 Å². The van der Waals surface area contributed by atoms with Crippen LogP contribution in [0.3, 0.4) is 0 Å². The molecule has 2 aliphatic rings. The second kappa shape index (κ2) is 10.5. The number of aromatic nitrogens is 2. The number of rotatable bonds is 7. The molecule has 1 N–H and O–H groups in total. The van der Waals surface area contributed by atoms with E-state index in [2.05, 4.69) is 27.0 Å². The summed E-state index contributed by atoms with van der Waals surface area (Å²) in [6, 6.07) is 8.46. The van der Waals surface area contributed by atoms with E-state index in [0.717, 1.165) is 43.4 Å². The van der Waals surface area contributed by atoms with E-state index < -0.39 is 0 Å². The Morgan fingerprint density at radius 2 is 1.91 bits per heavy atom. The molecule has 1 aromatic carbocycles. The number of para-hydroxylation sites is 2. The summed E-state index contributed by atoms with van der Waals surface area (Å²) in [5.74, 6) is 0.697. The van der Waals surface area contributed by atoms with Crippen LogP contribution in [0.2, 0.25) is 0 Å². The minimum atomic E-state index is -0.0407. The molecule has 1 unspecified atom stereocenters. The third-order valence-corrected chi connectivity index (χ3v) is 7.18. The Morgan fingerprint density at radius 3 is 2.66 bits per heavy atom. The van der Waals surface area contributed by atoms with E-state index in [1.807, 2.05) is 31.2 Å². The lowest BCUT2D eigenvalue weighted by atomic mass is 9.96. The SMILES string of the molecule is CCn1c(=O)c(N2CCC(C(=O)NCCCN3CCCCC3C)CC2)nc2ccccc21. The Kier molecular flexibility index (Phi) is 7.45. The maximum absolute atomic E-state index is 13.0. The van der Waals surface area contributed by atoms with Crippen molar-refractivity contribution in [1.82, 2.24) is 19.8 Å². The molecule has 0 saturated carbocycles. The maximum atomic E-state index is 13.0. The molecule has 1 atom stereocenters. The molecule has 0 aliphatic carbocycles. The zero-order valence-corrected chi connectivity index (χ0v) is 19.6. The number of benzene rings is 1. The number of fused-ring (bicyclic) bond motifs is 1. The first-order valence-electron chi connectivity index (χ1n) is 12.3. The summed E-state index contributed by atoms with van der Waals surface area (Å²) in [5, 5.41) is 3.15. The standard InChI is InChI=1S/C25H37N5O2/c1-3-30-22-11-5-4-10-21(22)27-23(25(30)32)29-17-12-20(13-18-29)24(31)26-14-8-16-28-15-7-6-9-19(28)2/h4-5,10-11,19-20H,3,6-9,12-18H2,1-2H3,(H,26,31). The van der Waals surface area contributed by atoms with Gasteiger partial charge in [-0.2, -0.15) is 0 Å². The summed E-state index contributed by atoms with van der Waals surface area (Å²) in [6.45, 7) is 9.29. The molecule has 2 fully saturated rings. The van der Waals surface area contributed by atoms with Crippen molar-refractivity contribution in [3.8, 4) is 0 Å². The van der Waals surface area contributed by atoms with Crippen LogP contribution in [0.5, 0.6) is 0 Å². The van der Waals surface area contributed by atoms with Crippen molar-refractivity contribution < 1.29 is 4.79 Å². The quantitative estimate of drug-likeness (QED) is 0.672. The Labute approximate surface area is 190 Å². The van der Waals surface area contributed by atoms with Crippen LogP contribution in [0.4, 0.5) is 5.82 Å². The molecule has 174 valence electrons. The molecule has 7 heteroatoms. The summed E-state index contributed by atoms with van der Waals surface area (Å²) in [5.41, 5.74) is 1.67. The Morgan fingerprint density at radius 1 is 1.12 bits per heavy atom. The lowest BCUT2D eigenvalue weighted by Crippen LogP contribution is -2.44. The molecule has 32 heavy (non-hydrogen) atoms. The first-order chi connectivity index (χ1) is 15.6. The van der Waals surface area contributed by atoms with Crippen LogP contribution >= 0.6 is 0 Å². The Hall–Kier alpha value is -2.41. The number of aryl methyl sites for hydroxylation is 1. The normalized spacial score (nSPS) is 20.6. The summed E-state index contributed by atoms with van der Waals surface area (Å²) in [7, 11) is 0. The summed E-state index contributed by atoms with van der Waals surface area (Å²) >= 11 is 0. The van der Waals surface area contributed by atoms with Crippen molar-refractivity contribution in [1.29, 1.82) is 0 Å². The first-order valence-corrected chi connectivity index (χ1v) is 12.3. The van der Waals surface area contributed by atoms with Gasteiger partial charge in [0, 0.05) is 44.7 Å². The molecule has 1 amide bonds. The highest BCUT2D eigenvalue weighted by molar-refractivity contribution is 5.79. The van der Waals surface area contributed by atoms with E-state index in [1.165, 1.54) is 25.8 Å². The molecule has 2 saturated heterocycles. The predicted octanol–water partition coefficient (Wildman–Crippen LogP) is 3.01. The second-order valence-corrected chi connectivity index (χ2v) is 9.26. The highest BCUT2D eigenvalue weighted by Crippen LogP contribution is 2.22. The van der Waals surface area contributed by atoms with E-state index in [0.29, 0.717) is 31.5 Å². The van der Waals surface area contributed by atoms with Gasteiger partial charge in [0.05, 0.1) is 11.0 Å². The van der Waals surface area contributed by atoms with Crippen molar-refractivity contribution in [3.05, 3.63) is 34.6 Å². The first kappa shape index (κ1) is 22.8. The molecule has 2 aromatic rings. The summed E-state index contributed by atoms with van der Waals surface area (Å²) < 4.78 is 1.79. The fourth-order valence-electron chi connectivity index (χ4n) is 5.18. The van der Waals surface area contributed by atoms with Gasteiger partial charge < -0.3 is 19.7 Å². The number of carbonyl (C=O) groups excluding carboxylic acids is 1. The molecule has 1 aromatic heterocycles. The minimum absolute atomic E-state index is 0.0222. The smallest absolute Gasteiger partial charge is 0.293 e. The highest BCUT2D eigenvalue weighted by Gasteiger charge is 2.27. The fraction of sp³-hybridized carbons (Fsp3) is 0.640. The van der Waals surface area contributed by atoms with Crippen molar-refractivity contribution in [3.63, 3.8) is 0 Å². The van der Waals surface area contributed by atoms with Crippen LogP contribution in [-0.4, -0.2) is 59.1 Å². The average Bonchev–Trinajstić information content (AvgIpc) is 2.82. The van der Waals surface area contributed by atoms with Crippen LogP contribution in [0.25, 0.3) is 11.0 Å². The van der Waals surface area contributed by atoms with Gasteiger partial charge in [-0.3, -0.25) is 9.59 Å². The van der Waals surface area contributed by atoms with E-state index in [4.69, 9.17) is 0 Å². The van der Waals surface area contributed by atoms with Crippen molar-refractivity contribution >= 4 is 22.8 Å². The largest absolute Gasteiger partial charge is 0.356 e. The van der Waals surface area contributed by atoms with Gasteiger partial charge in [0.2, 0.25) is 5.91 Å². The molecular weight excluding hydrogens is 402 g/mol. The lowest BCUT2D eigenvalue weighted by molar-refractivity contribution is -0.125. The topological polar surface area (TPSA) is 70.5 Å². The van der Waals surface area contributed by atoms with E-state index in [-0.39, 0.29) is 17.4 Å². The van der Waals surface area contributed by atoms with Gasteiger partial charge in [-0.25, -0.2) is 4.98 Å². The highest BCUT2D eigenvalue weighted by atomic mass is 16.2. The van der Waals surface area contributed by atoms with E-state index in [9.17, 15) is 9.59 Å². The molecule has 7 nitrogen and oxygen atoms in total. The molecule has 0 bridgehead atoms. The number of hydrogen-bond donors (Lipinski definition) is 1. The third kappa shape index (κ3) is 4.98. The molecule has 4 rings (SSSR count). The van der Waals surface area contributed by atoms with Gasteiger partial charge in [-0.1, -0.05) is 18.6 Å². The molecule has 0 radical (unpaired) electrons. The van der Waals surface area contributed by atoms with Gasteiger partial charge in [-0.05, 0) is 64.6 Å². The summed E-state index contributed by atoms with van der Waals surface area (Å²) in [6.07, 6.45) is 6.45. The van der Waals surface area contributed by atoms with Gasteiger partial charge in [0.1, 0.15) is 0 Å². The molecule has 0 spiro atoms. The van der Waals surface area contributed by atoms with Gasteiger partial charge >= 0.3 is 0 Å². The molecular formula is C25H37N5O2.